The molecule has 2 N–H and O–H groups in total. The molecule has 2 aromatic carbocycles. The van der Waals surface area contributed by atoms with Crippen molar-refractivity contribution in [2.24, 2.45) is 5.92 Å². The number of nitrogens with one attached hydrogen (secondary N) is 2. The third-order valence-electron chi connectivity index (χ3n) is 4.48. The minimum atomic E-state index is -0.342. The molecule has 0 radical (unpaired) electrons. The summed E-state index contributed by atoms with van der Waals surface area (Å²) in [7, 11) is 0. The maximum absolute atomic E-state index is 12.8. The topological polar surface area (TPSA) is 76.7 Å². The lowest BCUT2D eigenvalue weighted by Crippen LogP contribution is -2.34. The highest BCUT2D eigenvalue weighted by molar-refractivity contribution is 6.04. The largest absolute Gasteiger partial charge is 0.490 e. The minimum Gasteiger partial charge on any atom is -0.490 e. The van der Waals surface area contributed by atoms with E-state index in [-0.39, 0.29) is 30.4 Å². The van der Waals surface area contributed by atoms with E-state index in [1.54, 1.807) is 24.3 Å². The van der Waals surface area contributed by atoms with E-state index in [1.165, 1.54) is 0 Å². The third kappa shape index (κ3) is 4.44. The number of para-hydroxylation sites is 2. The number of ether oxygens (including phenoxy) is 2. The summed E-state index contributed by atoms with van der Waals surface area (Å²) in [5.74, 6) is 0.694. The van der Waals surface area contributed by atoms with E-state index < -0.39 is 0 Å². The van der Waals surface area contributed by atoms with Gasteiger partial charge in [-0.3, -0.25) is 9.59 Å². The molecule has 0 aromatic heterocycles. The Balaban J connectivity index is 1.73. The van der Waals surface area contributed by atoms with Crippen LogP contribution in [0.15, 0.2) is 42.5 Å². The van der Waals surface area contributed by atoms with E-state index in [9.17, 15) is 9.59 Å². The van der Waals surface area contributed by atoms with Gasteiger partial charge in [0.05, 0.1) is 23.8 Å². The van der Waals surface area contributed by atoms with E-state index in [2.05, 4.69) is 10.6 Å². The number of carbonyl (C=O) groups excluding carboxylic acids is 2. The summed E-state index contributed by atoms with van der Waals surface area (Å²) in [6.07, 6.45) is 0.558. The first-order valence-electron chi connectivity index (χ1n) is 9.57. The molecule has 0 saturated carbocycles. The summed E-state index contributed by atoms with van der Waals surface area (Å²) in [5, 5.41) is 5.75. The third-order valence-corrected chi connectivity index (χ3v) is 4.48. The van der Waals surface area contributed by atoms with Crippen LogP contribution in [0.25, 0.3) is 0 Å². The highest BCUT2D eigenvalue weighted by Crippen LogP contribution is 2.36. The molecule has 0 spiro atoms. The highest BCUT2D eigenvalue weighted by Gasteiger charge is 2.28. The van der Waals surface area contributed by atoms with Crippen LogP contribution in [-0.4, -0.2) is 31.1 Å². The van der Waals surface area contributed by atoms with Crippen LogP contribution in [0, 0.1) is 5.92 Å². The second kappa shape index (κ2) is 8.78. The van der Waals surface area contributed by atoms with E-state index in [4.69, 9.17) is 9.47 Å². The molecule has 3 rings (SSSR count). The average Bonchev–Trinajstić information content (AvgIpc) is 2.68. The summed E-state index contributed by atoms with van der Waals surface area (Å²) in [5.41, 5.74) is 1.89. The van der Waals surface area contributed by atoms with Crippen LogP contribution in [-0.2, 0) is 11.2 Å². The zero-order valence-electron chi connectivity index (χ0n) is 16.5. The van der Waals surface area contributed by atoms with Gasteiger partial charge in [-0.05, 0) is 51.0 Å². The Morgan fingerprint density at radius 1 is 1.18 bits per heavy atom. The Labute approximate surface area is 165 Å². The van der Waals surface area contributed by atoms with Crippen LogP contribution < -0.4 is 20.1 Å². The van der Waals surface area contributed by atoms with Gasteiger partial charge in [0.25, 0.3) is 5.91 Å². The molecule has 148 valence electrons. The number of fused-ring (bicyclic) bond motifs is 1. The van der Waals surface area contributed by atoms with Crippen molar-refractivity contribution in [3.05, 3.63) is 53.6 Å². The van der Waals surface area contributed by atoms with Gasteiger partial charge in [0.15, 0.2) is 11.5 Å². The minimum absolute atomic E-state index is 0.0130. The molecule has 0 saturated heterocycles. The molecular weight excluding hydrogens is 356 g/mol. The molecule has 1 aliphatic heterocycles. The quantitative estimate of drug-likeness (QED) is 0.803. The van der Waals surface area contributed by atoms with E-state index >= 15 is 0 Å². The molecule has 1 atom stereocenters. The zero-order valence-corrected chi connectivity index (χ0v) is 16.5. The van der Waals surface area contributed by atoms with Crippen molar-refractivity contribution in [2.45, 2.75) is 33.2 Å². The number of carbonyl (C=O) groups is 2. The number of amides is 2. The number of anilines is 1. The molecule has 1 aliphatic rings. The van der Waals surface area contributed by atoms with Crippen LogP contribution in [0.5, 0.6) is 11.5 Å². The van der Waals surface area contributed by atoms with Gasteiger partial charge in [0.1, 0.15) is 6.61 Å². The van der Waals surface area contributed by atoms with Gasteiger partial charge in [0.2, 0.25) is 5.91 Å². The van der Waals surface area contributed by atoms with Crippen molar-refractivity contribution in [3.63, 3.8) is 0 Å². The van der Waals surface area contributed by atoms with Crippen LogP contribution in [0.3, 0.4) is 0 Å². The van der Waals surface area contributed by atoms with E-state index in [1.807, 2.05) is 39.0 Å². The maximum Gasteiger partial charge on any atom is 0.253 e. The van der Waals surface area contributed by atoms with Crippen molar-refractivity contribution in [2.75, 3.05) is 18.5 Å². The van der Waals surface area contributed by atoms with Gasteiger partial charge in [0, 0.05) is 6.04 Å². The molecule has 2 aromatic rings. The van der Waals surface area contributed by atoms with Crippen LogP contribution >= 0.6 is 0 Å². The van der Waals surface area contributed by atoms with Crippen LogP contribution in [0.4, 0.5) is 5.69 Å². The maximum atomic E-state index is 12.8. The van der Waals surface area contributed by atoms with Gasteiger partial charge < -0.3 is 20.1 Å². The Bertz CT molecular complexity index is 863. The first-order chi connectivity index (χ1) is 13.5. The Hall–Kier alpha value is -3.02. The van der Waals surface area contributed by atoms with Gasteiger partial charge >= 0.3 is 0 Å². The van der Waals surface area contributed by atoms with Gasteiger partial charge in [-0.15, -0.1) is 0 Å². The van der Waals surface area contributed by atoms with Crippen molar-refractivity contribution in [1.29, 1.82) is 0 Å². The SMILES string of the molecule is CCOc1cccc2c1OCC(C(=O)Nc1ccccc1C(=O)NC(C)C)C2. The number of hydrogen-bond donors (Lipinski definition) is 2. The first-order valence-corrected chi connectivity index (χ1v) is 9.57. The smallest absolute Gasteiger partial charge is 0.253 e. The molecule has 6 heteroatoms. The van der Waals surface area contributed by atoms with Crippen LogP contribution in [0.1, 0.15) is 36.7 Å². The first kappa shape index (κ1) is 19.7. The number of hydrogen-bond acceptors (Lipinski definition) is 4. The van der Waals surface area contributed by atoms with Crippen LogP contribution in [0.2, 0.25) is 0 Å². The summed E-state index contributed by atoms with van der Waals surface area (Å²) in [6.45, 7) is 6.53. The fraction of sp³-hybridized carbons (Fsp3) is 0.364. The summed E-state index contributed by atoms with van der Waals surface area (Å²) >= 11 is 0. The second-order valence-corrected chi connectivity index (χ2v) is 7.05. The molecule has 0 bridgehead atoms. The average molecular weight is 382 g/mol. The normalized spacial score (nSPS) is 15.4. The summed E-state index contributed by atoms with van der Waals surface area (Å²) < 4.78 is 11.4. The van der Waals surface area contributed by atoms with Gasteiger partial charge in [-0.25, -0.2) is 0 Å². The van der Waals surface area contributed by atoms with Crippen molar-refractivity contribution in [3.8, 4) is 11.5 Å². The number of rotatable bonds is 6. The lowest BCUT2D eigenvalue weighted by Gasteiger charge is -2.26. The van der Waals surface area contributed by atoms with Crippen molar-refractivity contribution in [1.82, 2.24) is 5.32 Å². The van der Waals surface area contributed by atoms with Gasteiger partial charge in [-0.1, -0.05) is 24.3 Å². The molecule has 2 amide bonds. The molecule has 28 heavy (non-hydrogen) atoms. The van der Waals surface area contributed by atoms with Crippen molar-refractivity contribution < 1.29 is 19.1 Å². The lowest BCUT2D eigenvalue weighted by molar-refractivity contribution is -0.121. The van der Waals surface area contributed by atoms with E-state index in [0.717, 1.165) is 5.56 Å². The summed E-state index contributed by atoms with van der Waals surface area (Å²) in [6, 6.07) is 12.7. The summed E-state index contributed by atoms with van der Waals surface area (Å²) in [4.78, 5) is 25.2. The molecule has 1 unspecified atom stereocenters. The fourth-order valence-electron chi connectivity index (χ4n) is 3.20. The standard InChI is InChI=1S/C22H26N2O4/c1-4-27-19-11-7-8-15-12-16(13-28-20(15)19)21(25)24-18-10-6-5-9-17(18)22(26)23-14(2)3/h5-11,14,16H,4,12-13H2,1-3H3,(H,23,26)(H,24,25). The molecule has 6 nitrogen and oxygen atoms in total. The van der Waals surface area contributed by atoms with Crippen molar-refractivity contribution >= 4 is 17.5 Å². The molecular formula is C22H26N2O4. The fourth-order valence-corrected chi connectivity index (χ4v) is 3.20. The number of benzene rings is 2. The predicted molar refractivity (Wildman–Crippen MR) is 108 cm³/mol. The predicted octanol–water partition coefficient (Wildman–Crippen LogP) is 3.41. The monoisotopic (exact) mass is 382 g/mol. The molecule has 1 heterocycles. The Morgan fingerprint density at radius 3 is 2.71 bits per heavy atom. The lowest BCUT2D eigenvalue weighted by atomic mass is 9.95. The second-order valence-electron chi connectivity index (χ2n) is 7.05. The molecule has 0 aliphatic carbocycles. The van der Waals surface area contributed by atoms with E-state index in [0.29, 0.717) is 35.8 Å². The zero-order chi connectivity index (χ0) is 20.1. The Morgan fingerprint density at radius 2 is 1.96 bits per heavy atom. The Kier molecular flexibility index (Phi) is 6.19. The highest BCUT2D eigenvalue weighted by atomic mass is 16.5. The molecule has 0 fully saturated rings. The van der Waals surface area contributed by atoms with Gasteiger partial charge in [-0.2, -0.15) is 0 Å².